The monoisotopic (exact) mass is 551 g/mol. The van der Waals surface area contributed by atoms with Crippen molar-refractivity contribution in [2.75, 3.05) is 0 Å². The second-order valence-electron chi connectivity index (χ2n) is 10.9. The molecule has 42 heavy (non-hydrogen) atoms. The van der Waals surface area contributed by atoms with E-state index < -0.39 is 0 Å². The maximum absolute atomic E-state index is 2.39. The van der Waals surface area contributed by atoms with Gasteiger partial charge in [-0.1, -0.05) is 121 Å². The molecule has 0 saturated carbocycles. The summed E-state index contributed by atoms with van der Waals surface area (Å²) >= 11 is 1.88. The third kappa shape index (κ3) is 3.52. The average molecular weight is 552 g/mol. The molecule has 2 heterocycles. The number of hydrogen-bond donors (Lipinski definition) is 0. The molecule has 0 spiro atoms. The lowest BCUT2D eigenvalue weighted by Gasteiger charge is -2.21. The van der Waals surface area contributed by atoms with Crippen LogP contribution in [0.2, 0.25) is 0 Å². The van der Waals surface area contributed by atoms with E-state index in [0.29, 0.717) is 0 Å². The zero-order valence-electron chi connectivity index (χ0n) is 22.8. The highest BCUT2D eigenvalue weighted by Gasteiger charge is 2.20. The Balaban J connectivity index is 1.22. The maximum atomic E-state index is 2.39. The number of aromatic nitrogens is 1. The van der Waals surface area contributed by atoms with E-state index in [-0.39, 0.29) is 0 Å². The predicted molar refractivity (Wildman–Crippen MR) is 179 cm³/mol. The summed E-state index contributed by atoms with van der Waals surface area (Å²) in [5.41, 5.74) is 11.2. The standard InChI is InChI=1S/C40H25NS/c1-2-12-29(13-3-1)41-36-18-6-4-14-31(36)32-21-20-27(25-37(32)41)26-10-8-11-28(24-26)30-22-23-39-40-34(30)16-9-17-35(40)33-15-5-7-19-38(33)42-39/h1-25H. The van der Waals surface area contributed by atoms with E-state index in [0.717, 1.165) is 0 Å². The van der Waals surface area contributed by atoms with Gasteiger partial charge in [-0.25, -0.2) is 0 Å². The molecule has 196 valence electrons. The molecule has 1 aliphatic heterocycles. The van der Waals surface area contributed by atoms with E-state index in [1.807, 2.05) is 11.8 Å². The maximum Gasteiger partial charge on any atom is 0.0547 e. The molecule has 9 rings (SSSR count). The van der Waals surface area contributed by atoms with E-state index in [2.05, 4.69) is 156 Å². The van der Waals surface area contributed by atoms with Crippen LogP contribution in [0, 0.1) is 0 Å². The molecule has 8 aromatic rings. The van der Waals surface area contributed by atoms with E-state index in [1.165, 1.54) is 81.4 Å². The Kier molecular flexibility index (Phi) is 5.20. The van der Waals surface area contributed by atoms with Crippen molar-refractivity contribution >= 4 is 44.3 Å². The summed E-state index contributed by atoms with van der Waals surface area (Å²) in [5.74, 6) is 0. The average Bonchev–Trinajstić information content (AvgIpc) is 3.39. The van der Waals surface area contributed by atoms with Gasteiger partial charge in [-0.2, -0.15) is 0 Å². The molecule has 1 aromatic heterocycles. The Labute approximate surface area is 248 Å². The van der Waals surface area contributed by atoms with Crippen molar-refractivity contribution in [3.8, 4) is 39.1 Å². The Morgan fingerprint density at radius 3 is 2.05 bits per heavy atom. The highest BCUT2D eigenvalue weighted by atomic mass is 32.2. The zero-order chi connectivity index (χ0) is 27.6. The summed E-state index contributed by atoms with van der Waals surface area (Å²) in [6, 6.07) is 55.4. The fourth-order valence-electron chi connectivity index (χ4n) is 6.70. The van der Waals surface area contributed by atoms with Crippen molar-refractivity contribution in [2.24, 2.45) is 0 Å². The van der Waals surface area contributed by atoms with E-state index >= 15 is 0 Å². The lowest BCUT2D eigenvalue weighted by molar-refractivity contribution is 1.18. The van der Waals surface area contributed by atoms with Crippen molar-refractivity contribution in [3.05, 3.63) is 152 Å². The highest BCUT2D eigenvalue weighted by molar-refractivity contribution is 7.99. The van der Waals surface area contributed by atoms with Crippen molar-refractivity contribution in [1.82, 2.24) is 4.57 Å². The molecule has 1 nitrogen and oxygen atoms in total. The first-order valence-electron chi connectivity index (χ1n) is 14.4. The van der Waals surface area contributed by atoms with Crippen LogP contribution in [-0.2, 0) is 0 Å². The molecule has 0 bridgehead atoms. The van der Waals surface area contributed by atoms with Gasteiger partial charge in [0, 0.05) is 31.6 Å². The summed E-state index contributed by atoms with van der Waals surface area (Å²) in [5, 5.41) is 5.22. The Hall–Kier alpha value is -5.05. The van der Waals surface area contributed by atoms with Crippen LogP contribution in [0.15, 0.2) is 161 Å². The molecule has 0 N–H and O–H groups in total. The summed E-state index contributed by atoms with van der Waals surface area (Å²) in [6.45, 7) is 0. The fourth-order valence-corrected chi connectivity index (χ4v) is 7.83. The van der Waals surface area contributed by atoms with Gasteiger partial charge in [-0.15, -0.1) is 0 Å². The predicted octanol–water partition coefficient (Wildman–Crippen LogP) is 11.4. The lowest BCUT2D eigenvalue weighted by Crippen LogP contribution is -1.94. The molecular formula is C40H25NS. The van der Waals surface area contributed by atoms with Crippen LogP contribution in [0.25, 0.3) is 71.6 Å². The first kappa shape index (κ1) is 23.6. The van der Waals surface area contributed by atoms with Crippen LogP contribution < -0.4 is 0 Å². The fraction of sp³-hybridized carbons (Fsp3) is 0. The zero-order valence-corrected chi connectivity index (χ0v) is 23.6. The third-order valence-electron chi connectivity index (χ3n) is 8.59. The Morgan fingerprint density at radius 1 is 0.381 bits per heavy atom. The molecule has 0 aliphatic carbocycles. The van der Waals surface area contributed by atoms with Gasteiger partial charge in [-0.3, -0.25) is 0 Å². The van der Waals surface area contributed by atoms with Crippen LogP contribution in [0.1, 0.15) is 0 Å². The summed E-state index contributed by atoms with van der Waals surface area (Å²) in [4.78, 5) is 2.66. The van der Waals surface area contributed by atoms with Crippen molar-refractivity contribution < 1.29 is 0 Å². The number of nitrogens with zero attached hydrogens (tertiary/aromatic N) is 1. The van der Waals surface area contributed by atoms with Crippen LogP contribution >= 0.6 is 11.8 Å². The second-order valence-corrected chi connectivity index (χ2v) is 12.0. The summed E-state index contributed by atoms with van der Waals surface area (Å²) in [6.07, 6.45) is 0. The number of fused-ring (bicyclic) bond motifs is 5. The van der Waals surface area contributed by atoms with Crippen LogP contribution in [0.4, 0.5) is 0 Å². The minimum absolute atomic E-state index is 1.18. The van der Waals surface area contributed by atoms with Crippen LogP contribution in [0.3, 0.4) is 0 Å². The Morgan fingerprint density at radius 2 is 1.10 bits per heavy atom. The van der Waals surface area contributed by atoms with Gasteiger partial charge in [-0.05, 0) is 81.2 Å². The molecule has 2 heteroatoms. The SMILES string of the molecule is c1ccc(-n2c3ccccc3c3ccc(-c4cccc(-c5ccc6c7c(cccc57)-c5ccccc5S6)c4)cc32)cc1. The van der Waals surface area contributed by atoms with Crippen molar-refractivity contribution in [2.45, 2.75) is 9.79 Å². The van der Waals surface area contributed by atoms with Gasteiger partial charge >= 0.3 is 0 Å². The molecule has 1 aliphatic rings. The molecule has 0 fully saturated rings. The van der Waals surface area contributed by atoms with E-state index in [1.54, 1.807) is 0 Å². The topological polar surface area (TPSA) is 4.93 Å². The minimum Gasteiger partial charge on any atom is -0.309 e. The largest absolute Gasteiger partial charge is 0.309 e. The highest BCUT2D eigenvalue weighted by Crippen LogP contribution is 2.49. The smallest absolute Gasteiger partial charge is 0.0547 e. The molecule has 0 unspecified atom stereocenters. The van der Waals surface area contributed by atoms with Gasteiger partial charge < -0.3 is 4.57 Å². The van der Waals surface area contributed by atoms with Crippen LogP contribution in [0.5, 0.6) is 0 Å². The van der Waals surface area contributed by atoms with Gasteiger partial charge in [0.2, 0.25) is 0 Å². The third-order valence-corrected chi connectivity index (χ3v) is 9.73. The number of para-hydroxylation sites is 2. The first-order valence-corrected chi connectivity index (χ1v) is 15.2. The normalized spacial score (nSPS) is 12.2. The molecule has 0 atom stereocenters. The van der Waals surface area contributed by atoms with E-state index in [9.17, 15) is 0 Å². The summed E-state index contributed by atoms with van der Waals surface area (Å²) in [7, 11) is 0. The van der Waals surface area contributed by atoms with E-state index in [4.69, 9.17) is 0 Å². The van der Waals surface area contributed by atoms with Crippen molar-refractivity contribution in [1.29, 1.82) is 0 Å². The number of rotatable bonds is 3. The van der Waals surface area contributed by atoms with Crippen LogP contribution in [-0.4, -0.2) is 4.57 Å². The molecular weight excluding hydrogens is 527 g/mol. The van der Waals surface area contributed by atoms with Crippen molar-refractivity contribution in [3.63, 3.8) is 0 Å². The van der Waals surface area contributed by atoms with Gasteiger partial charge in [0.1, 0.15) is 0 Å². The van der Waals surface area contributed by atoms with Gasteiger partial charge in [0.25, 0.3) is 0 Å². The molecule has 0 amide bonds. The number of benzene rings is 7. The Bertz CT molecular complexity index is 2330. The number of hydrogen-bond acceptors (Lipinski definition) is 1. The minimum atomic E-state index is 1.18. The lowest BCUT2D eigenvalue weighted by atomic mass is 9.91. The molecule has 0 radical (unpaired) electrons. The second kappa shape index (κ2) is 9.24. The quantitative estimate of drug-likeness (QED) is 0.211. The molecule has 0 saturated heterocycles. The summed E-state index contributed by atoms with van der Waals surface area (Å²) < 4.78 is 2.39. The molecule has 7 aromatic carbocycles. The van der Waals surface area contributed by atoms with Gasteiger partial charge in [0.05, 0.1) is 11.0 Å². The first-order chi connectivity index (χ1) is 20.8. The van der Waals surface area contributed by atoms with Gasteiger partial charge in [0.15, 0.2) is 0 Å².